The number of nitrogens with one attached hydrogen (secondary N) is 1. The number of carbonyl (C=O) groups is 1. The molecule has 6 heteroatoms. The van der Waals surface area contributed by atoms with E-state index < -0.39 is 5.91 Å². The van der Waals surface area contributed by atoms with Gasteiger partial charge in [0.15, 0.2) is 0 Å². The topological polar surface area (TPSA) is 80.0 Å². The van der Waals surface area contributed by atoms with E-state index in [9.17, 15) is 4.79 Å². The van der Waals surface area contributed by atoms with Crippen molar-refractivity contribution in [1.82, 2.24) is 20.0 Å². The molecular formula is C23H20N4O2. The largest absolute Gasteiger partial charge is 0.324 e. The minimum absolute atomic E-state index is 0.592. The Balaban J connectivity index is 1.72. The zero-order valence-corrected chi connectivity index (χ0v) is 15.7. The van der Waals surface area contributed by atoms with Gasteiger partial charge in [-0.2, -0.15) is 0 Å². The summed E-state index contributed by atoms with van der Waals surface area (Å²) < 4.78 is 2.20. The van der Waals surface area contributed by atoms with Crippen molar-refractivity contribution in [3.8, 4) is 11.4 Å². The molecule has 6 nitrogen and oxygen atoms in total. The van der Waals surface area contributed by atoms with Crippen molar-refractivity contribution >= 4 is 23.0 Å². The Morgan fingerprint density at radius 1 is 1.07 bits per heavy atom. The number of hydrogen-bond acceptors (Lipinski definition) is 4. The van der Waals surface area contributed by atoms with Gasteiger partial charge >= 0.3 is 0 Å². The summed E-state index contributed by atoms with van der Waals surface area (Å²) in [5.74, 6) is 0.238. The van der Waals surface area contributed by atoms with E-state index in [4.69, 9.17) is 10.2 Å². The Kier molecular flexibility index (Phi) is 5.45. The fraction of sp³-hybridized carbons (Fsp3) is 0.0870. The average Bonchev–Trinajstić information content (AvgIpc) is 3.15. The van der Waals surface area contributed by atoms with Crippen LogP contribution in [0.2, 0.25) is 0 Å². The smallest absolute Gasteiger partial charge is 0.267 e. The summed E-state index contributed by atoms with van der Waals surface area (Å²) in [6.45, 7) is 0.785. The molecule has 2 aromatic carbocycles. The molecule has 2 aromatic heterocycles. The minimum atomic E-state index is -0.592. The van der Waals surface area contributed by atoms with Crippen molar-refractivity contribution in [2.24, 2.45) is 0 Å². The summed E-state index contributed by atoms with van der Waals surface area (Å²) in [7, 11) is 0. The predicted octanol–water partition coefficient (Wildman–Crippen LogP) is 3.86. The van der Waals surface area contributed by atoms with E-state index in [0.717, 1.165) is 41.0 Å². The number of benzene rings is 2. The molecule has 0 atom stereocenters. The fourth-order valence-corrected chi connectivity index (χ4v) is 3.29. The molecule has 0 unspecified atom stereocenters. The first kappa shape index (κ1) is 18.6. The first-order valence-electron chi connectivity index (χ1n) is 9.31. The molecule has 0 radical (unpaired) electrons. The van der Waals surface area contributed by atoms with Crippen molar-refractivity contribution in [2.45, 2.75) is 13.0 Å². The molecule has 1 amide bonds. The van der Waals surface area contributed by atoms with Crippen molar-refractivity contribution in [3.63, 3.8) is 0 Å². The van der Waals surface area contributed by atoms with Crippen LogP contribution in [0.5, 0.6) is 0 Å². The van der Waals surface area contributed by atoms with Crippen LogP contribution in [0.1, 0.15) is 11.1 Å². The van der Waals surface area contributed by atoms with E-state index in [2.05, 4.69) is 27.8 Å². The number of hydrogen-bond donors (Lipinski definition) is 2. The Hall–Kier alpha value is -3.77. The van der Waals surface area contributed by atoms with Crippen molar-refractivity contribution in [3.05, 3.63) is 90.3 Å². The standard InChI is InChI=1S/C23H20N4O2/c28-22(26-29)11-10-18-14-19(16-24-15-18)23-25-20-8-4-5-9-21(20)27(23)13-12-17-6-2-1-3-7-17/h1-11,14-16,29H,12-13H2,(H,26,28)/b11-10+. The predicted molar refractivity (Wildman–Crippen MR) is 112 cm³/mol. The average molecular weight is 384 g/mol. The number of amides is 1. The number of para-hydroxylation sites is 2. The van der Waals surface area contributed by atoms with Crippen LogP contribution in [0.15, 0.2) is 79.1 Å². The first-order chi connectivity index (χ1) is 14.2. The Morgan fingerprint density at radius 3 is 2.69 bits per heavy atom. The summed E-state index contributed by atoms with van der Waals surface area (Å²) in [6, 6.07) is 20.3. The second kappa shape index (κ2) is 8.50. The van der Waals surface area contributed by atoms with Crippen LogP contribution in [0, 0.1) is 0 Å². The van der Waals surface area contributed by atoms with Gasteiger partial charge in [-0.15, -0.1) is 0 Å². The molecule has 4 rings (SSSR count). The number of aryl methyl sites for hydroxylation is 2. The van der Waals surface area contributed by atoms with Crippen molar-refractivity contribution < 1.29 is 10.0 Å². The highest BCUT2D eigenvalue weighted by Crippen LogP contribution is 2.25. The number of imidazole rings is 1. The van der Waals surface area contributed by atoms with E-state index in [-0.39, 0.29) is 0 Å². The van der Waals surface area contributed by atoms with E-state index in [1.807, 2.05) is 42.5 Å². The minimum Gasteiger partial charge on any atom is -0.324 e. The molecule has 0 aliphatic heterocycles. The maximum atomic E-state index is 11.2. The molecule has 144 valence electrons. The molecule has 0 saturated carbocycles. The van der Waals surface area contributed by atoms with Crippen molar-refractivity contribution in [2.75, 3.05) is 0 Å². The third-order valence-electron chi connectivity index (χ3n) is 4.68. The van der Waals surface area contributed by atoms with E-state index in [1.54, 1.807) is 23.9 Å². The van der Waals surface area contributed by atoms with Gasteiger partial charge in [-0.05, 0) is 41.8 Å². The first-order valence-corrected chi connectivity index (χ1v) is 9.31. The lowest BCUT2D eigenvalue weighted by Crippen LogP contribution is -2.14. The number of hydroxylamine groups is 1. The molecule has 0 fully saturated rings. The second-order valence-electron chi connectivity index (χ2n) is 6.63. The van der Waals surface area contributed by atoms with Gasteiger partial charge in [0, 0.05) is 30.6 Å². The molecule has 2 N–H and O–H groups in total. The fourth-order valence-electron chi connectivity index (χ4n) is 3.29. The summed E-state index contributed by atoms with van der Waals surface area (Å²) in [5.41, 5.74) is 6.44. The SMILES string of the molecule is O=C(/C=C/c1cncc(-c2nc3ccccc3n2CCc2ccccc2)c1)NO. The molecule has 0 saturated heterocycles. The van der Waals surface area contributed by atoms with Crippen LogP contribution in [0.3, 0.4) is 0 Å². The van der Waals surface area contributed by atoms with Gasteiger partial charge in [0.2, 0.25) is 0 Å². The highest BCUT2D eigenvalue weighted by Gasteiger charge is 2.13. The normalized spacial score (nSPS) is 11.2. The number of nitrogens with zero attached hydrogens (tertiary/aromatic N) is 3. The lowest BCUT2D eigenvalue weighted by Gasteiger charge is -2.10. The van der Waals surface area contributed by atoms with Gasteiger partial charge in [0.05, 0.1) is 11.0 Å². The zero-order valence-electron chi connectivity index (χ0n) is 15.7. The van der Waals surface area contributed by atoms with Crippen LogP contribution in [-0.4, -0.2) is 25.6 Å². The molecular weight excluding hydrogens is 364 g/mol. The molecule has 0 aliphatic carbocycles. The van der Waals surface area contributed by atoms with Gasteiger partial charge in [-0.25, -0.2) is 10.5 Å². The lowest BCUT2D eigenvalue weighted by atomic mass is 10.1. The molecule has 0 aliphatic rings. The van der Waals surface area contributed by atoms with E-state index in [1.165, 1.54) is 11.6 Å². The number of aromatic nitrogens is 3. The highest BCUT2D eigenvalue weighted by atomic mass is 16.5. The van der Waals surface area contributed by atoms with Crippen LogP contribution in [-0.2, 0) is 17.8 Å². The maximum absolute atomic E-state index is 11.2. The van der Waals surface area contributed by atoms with Crippen LogP contribution in [0.25, 0.3) is 28.5 Å². The van der Waals surface area contributed by atoms with Crippen molar-refractivity contribution in [1.29, 1.82) is 0 Å². The van der Waals surface area contributed by atoms with Gasteiger partial charge < -0.3 is 4.57 Å². The number of carbonyl (C=O) groups excluding carboxylic acids is 1. The molecule has 0 spiro atoms. The molecule has 0 bridgehead atoms. The summed E-state index contributed by atoms with van der Waals surface area (Å²) in [5, 5.41) is 8.64. The van der Waals surface area contributed by atoms with E-state index >= 15 is 0 Å². The molecule has 4 aromatic rings. The number of pyridine rings is 1. The molecule has 2 heterocycles. The summed E-state index contributed by atoms with van der Waals surface area (Å²) >= 11 is 0. The molecule has 29 heavy (non-hydrogen) atoms. The Labute approximate surface area is 168 Å². The van der Waals surface area contributed by atoms with Crippen LogP contribution in [0.4, 0.5) is 0 Å². The lowest BCUT2D eigenvalue weighted by molar-refractivity contribution is -0.124. The van der Waals surface area contributed by atoms with Gasteiger partial charge in [-0.1, -0.05) is 42.5 Å². The zero-order chi connectivity index (χ0) is 20.1. The van der Waals surface area contributed by atoms with Gasteiger partial charge in [-0.3, -0.25) is 15.0 Å². The monoisotopic (exact) mass is 384 g/mol. The third kappa shape index (κ3) is 4.23. The highest BCUT2D eigenvalue weighted by molar-refractivity contribution is 5.91. The maximum Gasteiger partial charge on any atom is 0.267 e. The van der Waals surface area contributed by atoms with E-state index in [0.29, 0.717) is 0 Å². The van der Waals surface area contributed by atoms with Gasteiger partial charge in [0.25, 0.3) is 5.91 Å². The number of rotatable bonds is 6. The Morgan fingerprint density at radius 2 is 1.86 bits per heavy atom. The second-order valence-corrected chi connectivity index (χ2v) is 6.63. The van der Waals surface area contributed by atoms with Crippen LogP contribution >= 0.6 is 0 Å². The summed E-state index contributed by atoms with van der Waals surface area (Å²) in [4.78, 5) is 20.4. The number of fused-ring (bicyclic) bond motifs is 1. The summed E-state index contributed by atoms with van der Waals surface area (Å²) in [6.07, 6.45) is 7.15. The van der Waals surface area contributed by atoms with Crippen LogP contribution < -0.4 is 5.48 Å². The van der Waals surface area contributed by atoms with Gasteiger partial charge in [0.1, 0.15) is 5.82 Å². The quantitative estimate of drug-likeness (QED) is 0.301. The third-order valence-corrected chi connectivity index (χ3v) is 4.68. The Bertz CT molecular complexity index is 1170.